The van der Waals surface area contributed by atoms with Gasteiger partial charge in [0, 0.05) is 13.8 Å². The van der Waals surface area contributed by atoms with E-state index >= 15 is 0 Å². The van der Waals surface area contributed by atoms with Gasteiger partial charge in [-0.1, -0.05) is 6.92 Å². The van der Waals surface area contributed by atoms with Crippen molar-refractivity contribution >= 4 is 11.9 Å². The Kier molecular flexibility index (Phi) is 11.2. The first kappa shape index (κ1) is 13.5. The van der Waals surface area contributed by atoms with Crippen LogP contribution in [0, 0.1) is 0 Å². The first-order valence-electron chi connectivity index (χ1n) is 3.72. The second-order valence-corrected chi connectivity index (χ2v) is 2.04. The Morgan fingerprint density at radius 2 is 1.58 bits per heavy atom. The number of rotatable bonds is 2. The summed E-state index contributed by atoms with van der Waals surface area (Å²) in [4.78, 5) is 19.6. The molecule has 0 aliphatic heterocycles. The molecule has 0 N–H and O–H groups in total. The highest BCUT2D eigenvalue weighted by Gasteiger charge is 1.85. The Balaban J connectivity index is 0. The molecule has 0 rings (SSSR count). The molecule has 0 bridgehead atoms. The van der Waals surface area contributed by atoms with Crippen LogP contribution in [0.4, 0.5) is 0 Å². The SMILES string of the molecule is CCCOC(C)=O.COC(C)=O. The number of hydrogen-bond donors (Lipinski definition) is 0. The van der Waals surface area contributed by atoms with Gasteiger partial charge in [0.2, 0.25) is 0 Å². The van der Waals surface area contributed by atoms with Crippen LogP contribution in [0.1, 0.15) is 27.2 Å². The summed E-state index contributed by atoms with van der Waals surface area (Å²) in [5.41, 5.74) is 0. The van der Waals surface area contributed by atoms with Crippen molar-refractivity contribution < 1.29 is 19.1 Å². The molecule has 0 aliphatic carbocycles. The third-order valence-electron chi connectivity index (χ3n) is 0.797. The molecule has 0 saturated heterocycles. The smallest absolute Gasteiger partial charge is 0.302 e. The van der Waals surface area contributed by atoms with Crippen LogP contribution in [0.5, 0.6) is 0 Å². The van der Waals surface area contributed by atoms with E-state index in [1.165, 1.54) is 21.0 Å². The van der Waals surface area contributed by atoms with Crippen molar-refractivity contribution in [3.8, 4) is 0 Å². The Morgan fingerprint density at radius 3 is 1.67 bits per heavy atom. The highest BCUT2D eigenvalue weighted by Crippen LogP contribution is 1.78. The van der Waals surface area contributed by atoms with Crippen LogP contribution >= 0.6 is 0 Å². The van der Waals surface area contributed by atoms with E-state index in [2.05, 4.69) is 9.47 Å². The first-order chi connectivity index (χ1) is 5.54. The van der Waals surface area contributed by atoms with E-state index in [1.54, 1.807) is 0 Å². The van der Waals surface area contributed by atoms with Crippen LogP contribution in [0.3, 0.4) is 0 Å². The number of carbonyl (C=O) groups is 2. The third-order valence-corrected chi connectivity index (χ3v) is 0.797. The minimum Gasteiger partial charge on any atom is -0.469 e. The lowest BCUT2D eigenvalue weighted by molar-refractivity contribution is -0.141. The predicted molar refractivity (Wildman–Crippen MR) is 44.6 cm³/mol. The van der Waals surface area contributed by atoms with Gasteiger partial charge in [0.1, 0.15) is 0 Å². The van der Waals surface area contributed by atoms with E-state index in [0.29, 0.717) is 6.61 Å². The zero-order valence-corrected chi connectivity index (χ0v) is 8.05. The maximum absolute atomic E-state index is 9.98. The van der Waals surface area contributed by atoms with Crippen LogP contribution in [0.25, 0.3) is 0 Å². The molecule has 0 unspecified atom stereocenters. The van der Waals surface area contributed by atoms with Gasteiger partial charge in [0.25, 0.3) is 0 Å². The zero-order chi connectivity index (χ0) is 9.98. The summed E-state index contributed by atoms with van der Waals surface area (Å²) in [5.74, 6) is -0.438. The van der Waals surface area contributed by atoms with Gasteiger partial charge in [-0.05, 0) is 6.42 Å². The quantitative estimate of drug-likeness (QED) is 0.592. The van der Waals surface area contributed by atoms with E-state index in [4.69, 9.17) is 0 Å². The van der Waals surface area contributed by atoms with Gasteiger partial charge in [-0.2, -0.15) is 0 Å². The largest absolute Gasteiger partial charge is 0.469 e. The van der Waals surface area contributed by atoms with Crippen molar-refractivity contribution in [3.63, 3.8) is 0 Å². The van der Waals surface area contributed by atoms with Gasteiger partial charge >= 0.3 is 11.9 Å². The molecular formula is C8H16O4. The molecule has 12 heavy (non-hydrogen) atoms. The lowest BCUT2D eigenvalue weighted by atomic mass is 10.5. The molecule has 0 aromatic carbocycles. The number of methoxy groups -OCH3 is 1. The fourth-order valence-corrected chi connectivity index (χ4v) is 0.246. The number of esters is 2. The third kappa shape index (κ3) is 23.1. The number of hydrogen-bond acceptors (Lipinski definition) is 4. The molecule has 0 saturated carbocycles. The van der Waals surface area contributed by atoms with E-state index in [0.717, 1.165) is 6.42 Å². The highest BCUT2D eigenvalue weighted by atomic mass is 16.5. The van der Waals surface area contributed by atoms with Gasteiger partial charge in [-0.15, -0.1) is 0 Å². The summed E-state index contributed by atoms with van der Waals surface area (Å²) < 4.78 is 8.66. The average molecular weight is 176 g/mol. The van der Waals surface area contributed by atoms with Crippen molar-refractivity contribution in [1.82, 2.24) is 0 Å². The van der Waals surface area contributed by atoms with E-state index in [1.807, 2.05) is 6.92 Å². The summed E-state index contributed by atoms with van der Waals surface area (Å²) in [6.45, 7) is 5.29. The lowest BCUT2D eigenvalue weighted by Gasteiger charge is -1.93. The molecular weight excluding hydrogens is 160 g/mol. The fourth-order valence-electron chi connectivity index (χ4n) is 0.246. The van der Waals surface area contributed by atoms with Gasteiger partial charge in [0.15, 0.2) is 0 Å². The lowest BCUT2D eigenvalue weighted by Crippen LogP contribution is -1.98. The van der Waals surface area contributed by atoms with E-state index < -0.39 is 0 Å². The molecule has 0 radical (unpaired) electrons. The van der Waals surface area contributed by atoms with Crippen LogP contribution in [0.15, 0.2) is 0 Å². The van der Waals surface area contributed by atoms with Crippen molar-refractivity contribution in [3.05, 3.63) is 0 Å². The van der Waals surface area contributed by atoms with Gasteiger partial charge in [-0.3, -0.25) is 9.59 Å². The van der Waals surface area contributed by atoms with Gasteiger partial charge in [0.05, 0.1) is 13.7 Å². The topological polar surface area (TPSA) is 52.6 Å². The van der Waals surface area contributed by atoms with E-state index in [9.17, 15) is 9.59 Å². The van der Waals surface area contributed by atoms with Crippen molar-refractivity contribution in [2.75, 3.05) is 13.7 Å². The fraction of sp³-hybridized carbons (Fsp3) is 0.750. The second kappa shape index (κ2) is 9.94. The summed E-state index contributed by atoms with van der Waals surface area (Å²) in [7, 11) is 1.35. The second-order valence-electron chi connectivity index (χ2n) is 2.04. The van der Waals surface area contributed by atoms with Crippen molar-refractivity contribution in [1.29, 1.82) is 0 Å². The molecule has 0 aromatic rings. The van der Waals surface area contributed by atoms with Crippen molar-refractivity contribution in [2.24, 2.45) is 0 Å². The highest BCUT2D eigenvalue weighted by molar-refractivity contribution is 5.65. The minimum atomic E-state index is -0.245. The number of carbonyl (C=O) groups excluding carboxylic acids is 2. The van der Waals surface area contributed by atoms with Crippen molar-refractivity contribution in [2.45, 2.75) is 27.2 Å². The Labute approximate surface area is 72.8 Å². The van der Waals surface area contributed by atoms with Crippen LogP contribution < -0.4 is 0 Å². The standard InChI is InChI=1S/C5H10O2.C3H6O2/c1-3-4-7-5(2)6;1-3(4)5-2/h3-4H2,1-2H3;1-2H3. The summed E-state index contributed by atoms with van der Waals surface area (Å²) in [5, 5.41) is 0. The first-order valence-corrected chi connectivity index (χ1v) is 3.72. The normalized spacial score (nSPS) is 7.67. The summed E-state index contributed by atoms with van der Waals surface area (Å²) >= 11 is 0. The van der Waals surface area contributed by atoms with Crippen LogP contribution in [-0.4, -0.2) is 25.7 Å². The van der Waals surface area contributed by atoms with Gasteiger partial charge < -0.3 is 9.47 Å². The average Bonchev–Trinajstić information content (AvgIpc) is 2.02. The molecule has 0 spiro atoms. The summed E-state index contributed by atoms with van der Waals surface area (Å²) in [6.07, 6.45) is 0.902. The predicted octanol–water partition coefficient (Wildman–Crippen LogP) is 1.14. The Bertz CT molecular complexity index is 131. The van der Waals surface area contributed by atoms with Crippen LogP contribution in [0.2, 0.25) is 0 Å². The van der Waals surface area contributed by atoms with Crippen LogP contribution in [-0.2, 0) is 19.1 Å². The Morgan fingerprint density at radius 1 is 1.17 bits per heavy atom. The molecule has 0 fully saturated rings. The maximum Gasteiger partial charge on any atom is 0.302 e. The maximum atomic E-state index is 9.98. The number of ether oxygens (including phenoxy) is 2. The molecule has 0 amide bonds. The molecule has 0 aliphatic rings. The van der Waals surface area contributed by atoms with Gasteiger partial charge in [-0.25, -0.2) is 0 Å². The minimum absolute atomic E-state index is 0.193. The Hall–Kier alpha value is -1.06. The monoisotopic (exact) mass is 176 g/mol. The molecule has 0 heterocycles. The molecule has 4 nitrogen and oxygen atoms in total. The molecule has 0 aromatic heterocycles. The molecule has 0 atom stereocenters. The molecule has 4 heteroatoms. The molecule has 72 valence electrons. The van der Waals surface area contributed by atoms with E-state index in [-0.39, 0.29) is 11.9 Å². The summed E-state index contributed by atoms with van der Waals surface area (Å²) in [6, 6.07) is 0. The zero-order valence-electron chi connectivity index (χ0n) is 8.05.